The van der Waals surface area contributed by atoms with Gasteiger partial charge in [0.1, 0.15) is 0 Å². The van der Waals surface area contributed by atoms with Crippen molar-refractivity contribution in [1.82, 2.24) is 10.4 Å². The molecule has 0 aliphatic heterocycles. The fourth-order valence-corrected chi connectivity index (χ4v) is 3.09. The number of rotatable bonds is 10. The fraction of sp³-hybridized carbons (Fsp3) is 0.240. The van der Waals surface area contributed by atoms with Gasteiger partial charge < -0.3 is 14.2 Å². The van der Waals surface area contributed by atoms with E-state index in [0.717, 1.165) is 11.1 Å². The largest absolute Gasteiger partial charge is 0.490 e. The third-order valence-electron chi connectivity index (χ3n) is 4.44. The first-order chi connectivity index (χ1) is 15.7. The highest BCUT2D eigenvalue weighted by molar-refractivity contribution is 6.13. The van der Waals surface area contributed by atoms with Gasteiger partial charge >= 0.3 is 0 Å². The summed E-state index contributed by atoms with van der Waals surface area (Å²) in [5.41, 5.74) is 5.35. The van der Waals surface area contributed by atoms with E-state index in [0.29, 0.717) is 48.3 Å². The lowest BCUT2D eigenvalue weighted by atomic mass is 10.0. The van der Waals surface area contributed by atoms with Crippen LogP contribution in [0.15, 0.2) is 72.1 Å². The first-order valence-corrected chi connectivity index (χ1v) is 10.6. The Morgan fingerprint density at radius 2 is 1.38 bits per heavy atom. The summed E-state index contributed by atoms with van der Waals surface area (Å²) in [6.45, 7) is 6.92. The SMILES string of the molecule is CCOc1cc(C(=O)NN=C(c2ccccc2)c2ccncc2)cc(OCC)c1OCC. The molecule has 0 aliphatic rings. The van der Waals surface area contributed by atoms with E-state index in [-0.39, 0.29) is 0 Å². The standard InChI is InChI=1S/C25H27N3O4/c1-4-30-21-16-20(17-22(31-5-2)24(21)32-6-3)25(29)28-27-23(18-10-8-7-9-11-18)19-12-14-26-15-13-19/h7-17H,4-6H2,1-3H3,(H,28,29). The van der Waals surface area contributed by atoms with Gasteiger partial charge in [0.25, 0.3) is 5.91 Å². The molecular weight excluding hydrogens is 406 g/mol. The predicted octanol–water partition coefficient (Wildman–Crippen LogP) is 4.46. The van der Waals surface area contributed by atoms with Crippen LogP contribution in [-0.4, -0.2) is 36.4 Å². The molecule has 166 valence electrons. The van der Waals surface area contributed by atoms with Gasteiger partial charge in [-0.15, -0.1) is 0 Å². The van der Waals surface area contributed by atoms with Crippen LogP contribution in [0.3, 0.4) is 0 Å². The number of aromatic nitrogens is 1. The zero-order valence-corrected chi connectivity index (χ0v) is 18.5. The van der Waals surface area contributed by atoms with E-state index in [2.05, 4.69) is 15.5 Å². The van der Waals surface area contributed by atoms with Gasteiger partial charge in [0.2, 0.25) is 5.75 Å². The molecule has 0 atom stereocenters. The number of pyridine rings is 1. The minimum Gasteiger partial charge on any atom is -0.490 e. The Kier molecular flexibility index (Phi) is 8.20. The summed E-state index contributed by atoms with van der Waals surface area (Å²) in [5.74, 6) is 0.995. The molecule has 0 unspecified atom stereocenters. The van der Waals surface area contributed by atoms with Gasteiger partial charge in [-0.3, -0.25) is 9.78 Å². The molecule has 0 aliphatic carbocycles. The van der Waals surface area contributed by atoms with E-state index in [4.69, 9.17) is 14.2 Å². The number of nitrogens with zero attached hydrogens (tertiary/aromatic N) is 2. The molecule has 3 aromatic rings. The monoisotopic (exact) mass is 433 g/mol. The van der Waals surface area contributed by atoms with Crippen LogP contribution >= 0.6 is 0 Å². The molecule has 7 heteroatoms. The number of ether oxygens (including phenoxy) is 3. The van der Waals surface area contributed by atoms with Crippen molar-refractivity contribution in [3.63, 3.8) is 0 Å². The van der Waals surface area contributed by atoms with Gasteiger partial charge in [0, 0.05) is 29.1 Å². The van der Waals surface area contributed by atoms with Gasteiger partial charge in [-0.1, -0.05) is 30.3 Å². The molecule has 0 radical (unpaired) electrons. The zero-order valence-electron chi connectivity index (χ0n) is 18.5. The van der Waals surface area contributed by atoms with Crippen molar-refractivity contribution in [3.8, 4) is 17.2 Å². The average molecular weight is 434 g/mol. The van der Waals surface area contributed by atoms with E-state index in [1.807, 2.05) is 63.2 Å². The molecule has 1 heterocycles. The lowest BCUT2D eigenvalue weighted by Gasteiger charge is -2.16. The first kappa shape index (κ1) is 22.8. The maximum absolute atomic E-state index is 13.0. The molecule has 0 saturated heterocycles. The summed E-state index contributed by atoms with van der Waals surface area (Å²) < 4.78 is 17.1. The number of carbonyl (C=O) groups excluding carboxylic acids is 1. The fourth-order valence-electron chi connectivity index (χ4n) is 3.09. The van der Waals surface area contributed by atoms with Crippen LogP contribution in [0.25, 0.3) is 0 Å². The molecule has 0 saturated carbocycles. The van der Waals surface area contributed by atoms with Crippen molar-refractivity contribution < 1.29 is 19.0 Å². The molecule has 1 N–H and O–H groups in total. The number of amides is 1. The van der Waals surface area contributed by atoms with Crippen LogP contribution in [0.5, 0.6) is 17.2 Å². The van der Waals surface area contributed by atoms with Crippen LogP contribution < -0.4 is 19.6 Å². The summed E-state index contributed by atoms with van der Waals surface area (Å²) in [7, 11) is 0. The Morgan fingerprint density at radius 1 is 0.812 bits per heavy atom. The third kappa shape index (κ3) is 5.63. The zero-order chi connectivity index (χ0) is 22.8. The second-order valence-corrected chi connectivity index (χ2v) is 6.60. The second kappa shape index (κ2) is 11.5. The highest BCUT2D eigenvalue weighted by Crippen LogP contribution is 2.39. The number of carbonyl (C=O) groups is 1. The van der Waals surface area contributed by atoms with Crippen LogP contribution in [0.2, 0.25) is 0 Å². The second-order valence-electron chi connectivity index (χ2n) is 6.60. The van der Waals surface area contributed by atoms with Crippen LogP contribution in [0, 0.1) is 0 Å². The molecule has 3 rings (SSSR count). The quantitative estimate of drug-likeness (QED) is 0.377. The Bertz CT molecular complexity index is 985. The number of hydrogen-bond acceptors (Lipinski definition) is 6. The van der Waals surface area contributed by atoms with Gasteiger partial charge in [-0.25, -0.2) is 5.43 Å². The topological polar surface area (TPSA) is 82.0 Å². The van der Waals surface area contributed by atoms with E-state index in [9.17, 15) is 4.79 Å². The molecule has 0 bridgehead atoms. The van der Waals surface area contributed by atoms with E-state index in [1.54, 1.807) is 24.5 Å². The van der Waals surface area contributed by atoms with Gasteiger partial charge in [0.15, 0.2) is 11.5 Å². The molecule has 2 aromatic carbocycles. The van der Waals surface area contributed by atoms with Crippen molar-refractivity contribution in [2.45, 2.75) is 20.8 Å². The summed E-state index contributed by atoms with van der Waals surface area (Å²) in [5, 5.41) is 4.43. The van der Waals surface area contributed by atoms with Gasteiger partial charge in [0.05, 0.1) is 25.5 Å². The summed E-state index contributed by atoms with van der Waals surface area (Å²) >= 11 is 0. The minimum absolute atomic E-state index is 0.353. The summed E-state index contributed by atoms with van der Waals surface area (Å²) in [4.78, 5) is 17.1. The smallest absolute Gasteiger partial charge is 0.271 e. The highest BCUT2D eigenvalue weighted by atomic mass is 16.5. The van der Waals surface area contributed by atoms with Crippen molar-refractivity contribution >= 4 is 11.6 Å². The normalized spacial score (nSPS) is 11.0. The summed E-state index contributed by atoms with van der Waals surface area (Å²) in [6, 6.07) is 16.6. The van der Waals surface area contributed by atoms with Crippen molar-refractivity contribution in [3.05, 3.63) is 83.7 Å². The minimum atomic E-state index is -0.391. The van der Waals surface area contributed by atoms with Crippen molar-refractivity contribution in [2.24, 2.45) is 5.10 Å². The molecule has 1 aromatic heterocycles. The van der Waals surface area contributed by atoms with E-state index >= 15 is 0 Å². The van der Waals surface area contributed by atoms with Crippen LogP contribution in [-0.2, 0) is 0 Å². The first-order valence-electron chi connectivity index (χ1n) is 10.6. The average Bonchev–Trinajstić information content (AvgIpc) is 2.82. The molecular formula is C25H27N3O4. The molecule has 32 heavy (non-hydrogen) atoms. The Labute approximate surface area is 188 Å². The van der Waals surface area contributed by atoms with Gasteiger partial charge in [-0.2, -0.15) is 5.10 Å². The number of nitrogens with one attached hydrogen (secondary N) is 1. The van der Waals surface area contributed by atoms with Crippen molar-refractivity contribution in [1.29, 1.82) is 0 Å². The van der Waals surface area contributed by atoms with Crippen LogP contribution in [0.1, 0.15) is 42.3 Å². The lowest BCUT2D eigenvalue weighted by Crippen LogP contribution is -2.21. The van der Waals surface area contributed by atoms with Gasteiger partial charge in [-0.05, 0) is 45.0 Å². The molecule has 1 amide bonds. The predicted molar refractivity (Wildman–Crippen MR) is 124 cm³/mol. The van der Waals surface area contributed by atoms with E-state index < -0.39 is 5.91 Å². The van der Waals surface area contributed by atoms with Crippen molar-refractivity contribution in [2.75, 3.05) is 19.8 Å². The Hall–Kier alpha value is -3.87. The highest BCUT2D eigenvalue weighted by Gasteiger charge is 2.18. The number of hydrogen-bond donors (Lipinski definition) is 1. The Balaban J connectivity index is 1.96. The van der Waals surface area contributed by atoms with E-state index in [1.165, 1.54) is 0 Å². The number of hydrazone groups is 1. The maximum Gasteiger partial charge on any atom is 0.271 e. The summed E-state index contributed by atoms with van der Waals surface area (Å²) in [6.07, 6.45) is 3.37. The Morgan fingerprint density at radius 3 is 1.94 bits per heavy atom. The number of benzene rings is 2. The molecule has 7 nitrogen and oxygen atoms in total. The van der Waals surface area contributed by atoms with Crippen LogP contribution in [0.4, 0.5) is 0 Å². The third-order valence-corrected chi connectivity index (χ3v) is 4.44. The lowest BCUT2D eigenvalue weighted by molar-refractivity contribution is 0.0953. The molecule has 0 fully saturated rings. The maximum atomic E-state index is 13.0. The molecule has 0 spiro atoms.